The molecule has 0 saturated heterocycles. The Morgan fingerprint density at radius 3 is 1.48 bits per heavy atom. The molecule has 0 amide bonds. The van der Waals surface area contributed by atoms with Gasteiger partial charge in [0.25, 0.3) is 0 Å². The van der Waals surface area contributed by atoms with Gasteiger partial charge in [-0.05, 0) is 92.9 Å². The number of aliphatic hydroxyl groups is 5. The van der Waals surface area contributed by atoms with E-state index in [0.717, 1.165) is 31.1 Å². The topological polar surface area (TPSA) is 173 Å². The standard InChI is InChI=1S/C20H34O6.C15H23F.C6H6.C3H8.CH4.FH.2H2O.H3P/c1-14(12-21)11-18(24)20(25)15(2)26-19(13-22)17(23)10-6-9-16-7-4-3-5-8-16;1-4-14(12(2)3)7-5-6-13-8-10-15(16)11-9-13;1-2-4-6-5-3-1;1-3-2;;;;;/h3-5,7-8,14-15,17-25H,6,9-13H2,1-2H3;8-12,14H,4-7H2,1-3H3;1-6H;3H2,1-2H3;1H4;1H;2*1H2;1H3/t14?,15?,17?,18?,19-,20+;14-;;;;;;;/m10......./s1. The fourth-order valence-electron chi connectivity index (χ4n) is 5.51. The van der Waals surface area contributed by atoms with Crippen molar-refractivity contribution in [2.45, 2.75) is 144 Å². The summed E-state index contributed by atoms with van der Waals surface area (Å²) in [6.07, 6.45) is 3.74. The predicted molar refractivity (Wildman–Crippen MR) is 238 cm³/mol. The molecule has 0 aliphatic heterocycles. The highest BCUT2D eigenvalue weighted by atomic mass is 31.0. The molecule has 0 radical (unpaired) electrons. The van der Waals surface area contributed by atoms with Gasteiger partial charge in [-0.25, -0.2) is 4.39 Å². The number of hydrogen-bond donors (Lipinski definition) is 5. The van der Waals surface area contributed by atoms with Crippen LogP contribution >= 0.6 is 9.90 Å². The molecule has 0 heterocycles. The van der Waals surface area contributed by atoms with E-state index in [4.69, 9.17) is 9.84 Å². The van der Waals surface area contributed by atoms with Crippen LogP contribution in [0.1, 0.15) is 112 Å². The normalized spacial score (nSPS) is 13.6. The highest BCUT2D eigenvalue weighted by Crippen LogP contribution is 2.22. The SMILES string of the molecule is C.CC(CO)CC(O)[C@@H](O)C(C)O[C@H](CO)C(O)CCCc1ccccc1.CCC.CC[C@@H](CCCc1ccc(F)cc1)C(C)C.F.O.O.P.c1ccccc1. The van der Waals surface area contributed by atoms with E-state index >= 15 is 0 Å². The Hall–Kier alpha value is -2.37. The summed E-state index contributed by atoms with van der Waals surface area (Å²) in [6, 6.07) is 28.8. The van der Waals surface area contributed by atoms with Crippen molar-refractivity contribution in [2.24, 2.45) is 17.8 Å². The zero-order chi connectivity index (χ0) is 38.4. The summed E-state index contributed by atoms with van der Waals surface area (Å²) < 4.78 is 18.3. The van der Waals surface area contributed by atoms with Crippen LogP contribution < -0.4 is 0 Å². The van der Waals surface area contributed by atoms with Crippen LogP contribution in [0.25, 0.3) is 0 Å². The molecule has 3 aromatic carbocycles. The van der Waals surface area contributed by atoms with Crippen LogP contribution in [0.5, 0.6) is 0 Å². The molecule has 330 valence electrons. The molecule has 0 spiro atoms. The fourth-order valence-corrected chi connectivity index (χ4v) is 5.51. The van der Waals surface area contributed by atoms with Gasteiger partial charge in [-0.1, -0.05) is 141 Å². The van der Waals surface area contributed by atoms with Gasteiger partial charge >= 0.3 is 0 Å². The third-order valence-corrected chi connectivity index (χ3v) is 8.72. The molecule has 5 unspecified atom stereocenters. The van der Waals surface area contributed by atoms with Crippen molar-refractivity contribution in [2.75, 3.05) is 13.2 Å². The molecule has 0 bridgehead atoms. The monoisotopic (exact) mass is 821 g/mol. The van der Waals surface area contributed by atoms with E-state index in [2.05, 4.69) is 34.6 Å². The summed E-state index contributed by atoms with van der Waals surface area (Å²) in [7, 11) is 0. The highest BCUT2D eigenvalue weighted by molar-refractivity contribution is 6.92. The second-order valence-corrected chi connectivity index (χ2v) is 13.9. The number of halogens is 2. The van der Waals surface area contributed by atoms with Crippen molar-refractivity contribution in [3.63, 3.8) is 0 Å². The number of ether oxygens (including phenoxy) is 1. The average Bonchev–Trinajstić information content (AvgIpc) is 3.14. The van der Waals surface area contributed by atoms with Crippen molar-refractivity contribution in [1.29, 1.82) is 0 Å². The van der Waals surface area contributed by atoms with Crippen molar-refractivity contribution < 1.29 is 50.3 Å². The third-order valence-electron chi connectivity index (χ3n) is 8.72. The Morgan fingerprint density at radius 2 is 1.07 bits per heavy atom. The Bertz CT molecular complexity index is 1140. The Balaban J connectivity index is -0.000000178. The first-order valence-corrected chi connectivity index (χ1v) is 19.1. The number of aryl methyl sites for hydroxylation is 2. The quantitative estimate of drug-likeness (QED) is 0.0767. The molecule has 56 heavy (non-hydrogen) atoms. The van der Waals surface area contributed by atoms with E-state index in [1.54, 1.807) is 26.0 Å². The lowest BCUT2D eigenvalue weighted by atomic mass is 9.88. The lowest BCUT2D eigenvalue weighted by Crippen LogP contribution is -2.44. The molecular formula is C45H83F2O8P. The first kappa shape index (κ1) is 65.5. The number of benzene rings is 3. The molecule has 3 aromatic rings. The van der Waals surface area contributed by atoms with Gasteiger partial charge in [-0.2, -0.15) is 9.90 Å². The fraction of sp³-hybridized carbons (Fsp3) is 0.600. The maximum absolute atomic E-state index is 12.7. The maximum atomic E-state index is 12.7. The van der Waals surface area contributed by atoms with E-state index in [0.29, 0.717) is 6.42 Å². The molecule has 0 aromatic heterocycles. The minimum Gasteiger partial charge on any atom is -0.412 e. The number of hydrogen-bond acceptors (Lipinski definition) is 6. The van der Waals surface area contributed by atoms with Crippen LogP contribution in [-0.4, -0.2) is 80.2 Å². The van der Waals surface area contributed by atoms with E-state index < -0.39 is 30.5 Å². The summed E-state index contributed by atoms with van der Waals surface area (Å²) in [5.41, 5.74) is 2.44. The van der Waals surface area contributed by atoms with Crippen molar-refractivity contribution in [1.82, 2.24) is 0 Å². The summed E-state index contributed by atoms with van der Waals surface area (Å²) in [5, 5.41) is 49.0. The largest absolute Gasteiger partial charge is 0.412 e. The van der Waals surface area contributed by atoms with E-state index in [9.17, 15) is 24.8 Å². The lowest BCUT2D eigenvalue weighted by Gasteiger charge is -2.30. The van der Waals surface area contributed by atoms with Gasteiger partial charge in [0, 0.05) is 6.61 Å². The van der Waals surface area contributed by atoms with Crippen LogP contribution in [0, 0.1) is 23.6 Å². The van der Waals surface area contributed by atoms with Crippen LogP contribution in [-0.2, 0) is 17.6 Å². The molecule has 3 rings (SSSR count). The molecule has 8 nitrogen and oxygen atoms in total. The molecule has 0 aliphatic rings. The van der Waals surface area contributed by atoms with Gasteiger partial charge in [0.1, 0.15) is 18.0 Å². The molecular weight excluding hydrogens is 737 g/mol. The average molecular weight is 821 g/mol. The first-order chi connectivity index (χ1) is 24.4. The molecule has 8 atom stereocenters. The third kappa shape index (κ3) is 32.7. The first-order valence-electron chi connectivity index (χ1n) is 19.1. The number of aliphatic hydroxyl groups excluding tert-OH is 5. The summed E-state index contributed by atoms with van der Waals surface area (Å²) >= 11 is 0. The maximum Gasteiger partial charge on any atom is 0.123 e. The van der Waals surface area contributed by atoms with Gasteiger partial charge in [0.15, 0.2) is 0 Å². The molecule has 0 saturated carbocycles. The zero-order valence-electron chi connectivity index (χ0n) is 34.7. The van der Waals surface area contributed by atoms with Gasteiger partial charge in [0.05, 0.1) is 24.9 Å². The Morgan fingerprint density at radius 1 is 0.643 bits per heavy atom. The van der Waals surface area contributed by atoms with E-state index in [1.807, 2.05) is 78.9 Å². The zero-order valence-corrected chi connectivity index (χ0v) is 36.1. The lowest BCUT2D eigenvalue weighted by molar-refractivity contribution is -0.148. The smallest absolute Gasteiger partial charge is 0.123 e. The summed E-state index contributed by atoms with van der Waals surface area (Å²) in [4.78, 5) is 0. The van der Waals surface area contributed by atoms with Gasteiger partial charge in [-0.15, -0.1) is 0 Å². The van der Waals surface area contributed by atoms with E-state index in [-0.39, 0.29) is 64.4 Å². The van der Waals surface area contributed by atoms with Crippen molar-refractivity contribution in [3.05, 3.63) is 108 Å². The summed E-state index contributed by atoms with van der Waals surface area (Å²) in [6.45, 7) is 14.0. The van der Waals surface area contributed by atoms with Crippen LogP contribution in [0.3, 0.4) is 0 Å². The second-order valence-electron chi connectivity index (χ2n) is 13.9. The highest BCUT2D eigenvalue weighted by Gasteiger charge is 2.29. The number of rotatable bonds is 19. The minimum absolute atomic E-state index is 0. The Labute approximate surface area is 342 Å². The Kier molecular flexibility index (Phi) is 49.4. The van der Waals surface area contributed by atoms with Crippen LogP contribution in [0.4, 0.5) is 9.09 Å². The minimum atomic E-state index is -1.16. The van der Waals surface area contributed by atoms with Gasteiger partial charge in [-0.3, -0.25) is 4.70 Å². The van der Waals surface area contributed by atoms with Crippen LogP contribution in [0.2, 0.25) is 0 Å². The van der Waals surface area contributed by atoms with Crippen molar-refractivity contribution >= 4 is 9.90 Å². The molecule has 0 fully saturated rings. The van der Waals surface area contributed by atoms with Gasteiger partial charge < -0.3 is 41.2 Å². The molecule has 11 heteroatoms. The molecule has 9 N–H and O–H groups in total. The van der Waals surface area contributed by atoms with Crippen molar-refractivity contribution in [3.8, 4) is 0 Å². The van der Waals surface area contributed by atoms with E-state index in [1.165, 1.54) is 36.8 Å². The van der Waals surface area contributed by atoms with Crippen LogP contribution in [0.15, 0.2) is 91.0 Å². The summed E-state index contributed by atoms with van der Waals surface area (Å²) in [5.74, 6) is 1.33. The molecule has 0 aliphatic carbocycles. The predicted octanol–water partition coefficient (Wildman–Crippen LogP) is 8.01. The second kappa shape index (κ2) is 42.2. The van der Waals surface area contributed by atoms with Gasteiger partial charge in [0.2, 0.25) is 0 Å².